The summed E-state index contributed by atoms with van der Waals surface area (Å²) in [5, 5.41) is 2.56. The molecule has 50 heavy (non-hydrogen) atoms. The lowest BCUT2D eigenvalue weighted by Gasteiger charge is -2.41. The van der Waals surface area contributed by atoms with Gasteiger partial charge < -0.3 is 23.6 Å². The van der Waals surface area contributed by atoms with E-state index in [9.17, 15) is 9.36 Å². The number of carbonyl (C=O) groups excluding carboxylic acids is 1. The number of hydrogen-bond acceptors (Lipinski definition) is 10. The minimum absolute atomic E-state index is 0.0394. The van der Waals surface area contributed by atoms with Gasteiger partial charge in [0.2, 0.25) is 5.91 Å². The molecule has 11 nitrogen and oxygen atoms in total. The minimum atomic E-state index is -3.49. The van der Waals surface area contributed by atoms with Crippen LogP contribution in [-0.4, -0.2) is 102 Å². The molecule has 0 N–H and O–H groups in total. The highest BCUT2D eigenvalue weighted by molar-refractivity contribution is 7.54. The van der Waals surface area contributed by atoms with E-state index in [2.05, 4.69) is 14.9 Å². The number of likely N-dealkylation sites (tertiary alicyclic amines) is 1. The van der Waals surface area contributed by atoms with Crippen molar-refractivity contribution < 1.29 is 27.5 Å². The van der Waals surface area contributed by atoms with Crippen molar-refractivity contribution in [1.82, 2.24) is 24.8 Å². The summed E-state index contributed by atoms with van der Waals surface area (Å²) in [6.07, 6.45) is 5.69. The van der Waals surface area contributed by atoms with Crippen LogP contribution in [0, 0.1) is 11.7 Å². The van der Waals surface area contributed by atoms with Gasteiger partial charge in [-0.25, -0.2) is 4.39 Å². The van der Waals surface area contributed by atoms with Gasteiger partial charge in [0, 0.05) is 54.8 Å². The summed E-state index contributed by atoms with van der Waals surface area (Å²) in [5.41, 5.74) is 0.802. The Kier molecular flexibility index (Phi) is 10.0. The Labute approximate surface area is 296 Å². The highest BCUT2D eigenvalue weighted by Crippen LogP contribution is 2.48. The standard InChI is InChI=1S/C36H43ClFN6O5P/c1-4-48-50(46,49-5-2)22-29(45)43-20-24(21-43)19-42(3)34-27-18-39-32(26-12-6-10-25-11-7-13-28(37)30(25)26)31(38)33(27)40-35(41-34)47-23-36-14-8-16-44(36)17-9-15-36/h6-7,10-13,18,24H,4-5,8-9,14-17,19-23H2,1-3H3. The molecule has 3 aliphatic rings. The molecule has 1 amide bonds. The number of anilines is 1. The molecule has 2 aromatic carbocycles. The number of aromatic nitrogens is 3. The van der Waals surface area contributed by atoms with Crippen LogP contribution in [0.5, 0.6) is 6.01 Å². The average Bonchev–Trinajstić information content (AvgIpc) is 3.66. The SMILES string of the molecule is CCOP(=O)(CC(=O)N1CC(CN(C)c2nc(OCC34CCCN3CCC4)nc3c(F)c(-c4cccc5cccc(Cl)c45)ncc23)C1)OCC. The lowest BCUT2D eigenvalue weighted by molar-refractivity contribution is -0.134. The lowest BCUT2D eigenvalue weighted by atomic mass is 9.95. The van der Waals surface area contributed by atoms with Gasteiger partial charge in [-0.2, -0.15) is 9.97 Å². The second-order valence-electron chi connectivity index (χ2n) is 13.5. The van der Waals surface area contributed by atoms with Crippen LogP contribution in [0.1, 0.15) is 39.5 Å². The first kappa shape index (κ1) is 35.0. The van der Waals surface area contributed by atoms with E-state index in [0.717, 1.165) is 49.5 Å². The summed E-state index contributed by atoms with van der Waals surface area (Å²) >= 11 is 6.62. The molecular weight excluding hydrogens is 682 g/mol. The molecule has 7 rings (SSSR count). The van der Waals surface area contributed by atoms with E-state index in [1.165, 1.54) is 0 Å². The molecule has 3 saturated heterocycles. The van der Waals surface area contributed by atoms with Crippen LogP contribution >= 0.6 is 19.2 Å². The van der Waals surface area contributed by atoms with Crippen LogP contribution in [0.2, 0.25) is 5.02 Å². The van der Waals surface area contributed by atoms with E-state index in [1.807, 2.05) is 42.3 Å². The predicted molar refractivity (Wildman–Crippen MR) is 193 cm³/mol. The van der Waals surface area contributed by atoms with Gasteiger partial charge in [-0.05, 0) is 64.1 Å². The minimum Gasteiger partial charge on any atom is -0.461 e. The van der Waals surface area contributed by atoms with Crippen molar-refractivity contribution in [3.8, 4) is 17.3 Å². The number of pyridine rings is 1. The van der Waals surface area contributed by atoms with Crippen molar-refractivity contribution in [2.45, 2.75) is 45.1 Å². The molecule has 4 aromatic rings. The first-order valence-corrected chi connectivity index (χ1v) is 19.5. The average molecular weight is 725 g/mol. The number of nitrogens with zero attached hydrogens (tertiary/aromatic N) is 6. The van der Waals surface area contributed by atoms with E-state index in [0.29, 0.717) is 48.0 Å². The van der Waals surface area contributed by atoms with Crippen molar-refractivity contribution in [3.05, 3.63) is 53.4 Å². The molecule has 14 heteroatoms. The maximum Gasteiger partial charge on any atom is 0.340 e. The number of fused-ring (bicyclic) bond motifs is 3. The summed E-state index contributed by atoms with van der Waals surface area (Å²) in [7, 11) is -1.60. The van der Waals surface area contributed by atoms with Crippen molar-refractivity contribution >= 4 is 52.6 Å². The summed E-state index contributed by atoms with van der Waals surface area (Å²) in [6.45, 7) is 7.87. The quantitative estimate of drug-likeness (QED) is 0.137. The van der Waals surface area contributed by atoms with Crippen LogP contribution in [0.15, 0.2) is 42.6 Å². The summed E-state index contributed by atoms with van der Waals surface area (Å²) < 4.78 is 46.7. The highest BCUT2D eigenvalue weighted by Gasteiger charge is 2.45. The largest absolute Gasteiger partial charge is 0.461 e. The fourth-order valence-corrected chi connectivity index (χ4v) is 9.73. The number of rotatable bonds is 13. The first-order valence-electron chi connectivity index (χ1n) is 17.4. The van der Waals surface area contributed by atoms with Crippen LogP contribution in [0.3, 0.4) is 0 Å². The molecule has 266 valence electrons. The molecule has 0 atom stereocenters. The van der Waals surface area contributed by atoms with Gasteiger partial charge in [0.05, 0.1) is 24.1 Å². The van der Waals surface area contributed by atoms with Gasteiger partial charge in [-0.1, -0.05) is 41.9 Å². The van der Waals surface area contributed by atoms with E-state index in [4.69, 9.17) is 30.4 Å². The van der Waals surface area contributed by atoms with Gasteiger partial charge in [-0.15, -0.1) is 0 Å². The van der Waals surface area contributed by atoms with Crippen LogP contribution in [-0.2, 0) is 18.4 Å². The zero-order valence-electron chi connectivity index (χ0n) is 28.7. The fraction of sp³-hybridized carbons (Fsp3) is 0.500. The molecule has 0 bridgehead atoms. The van der Waals surface area contributed by atoms with E-state index >= 15 is 4.39 Å². The van der Waals surface area contributed by atoms with Crippen molar-refractivity contribution in [2.75, 3.05) is 70.7 Å². The number of hydrogen-bond donors (Lipinski definition) is 0. The number of benzene rings is 2. The van der Waals surface area contributed by atoms with Crippen LogP contribution < -0.4 is 9.64 Å². The third-order valence-corrected chi connectivity index (χ3v) is 12.5. The third kappa shape index (κ3) is 6.68. The molecule has 5 heterocycles. The lowest BCUT2D eigenvalue weighted by Crippen LogP contribution is -2.54. The van der Waals surface area contributed by atoms with Crippen molar-refractivity contribution in [2.24, 2.45) is 5.92 Å². The normalized spacial score (nSPS) is 17.7. The third-order valence-electron chi connectivity index (χ3n) is 10.2. The molecular formula is C36H43ClFN6O5P. The zero-order valence-corrected chi connectivity index (χ0v) is 30.4. The monoisotopic (exact) mass is 724 g/mol. The molecule has 0 spiro atoms. The Morgan fingerprint density at radius 1 is 1.08 bits per heavy atom. The molecule has 0 unspecified atom stereocenters. The summed E-state index contributed by atoms with van der Waals surface area (Å²) in [4.78, 5) is 33.2. The number of amides is 1. The Balaban J connectivity index is 1.17. The second-order valence-corrected chi connectivity index (χ2v) is 16.0. The maximum atomic E-state index is 16.8. The van der Waals surface area contributed by atoms with Gasteiger partial charge in [0.1, 0.15) is 29.8 Å². The Morgan fingerprint density at radius 3 is 2.48 bits per heavy atom. The number of halogens is 2. The smallest absolute Gasteiger partial charge is 0.340 e. The molecule has 0 saturated carbocycles. The molecule has 0 aliphatic carbocycles. The number of ether oxygens (including phenoxy) is 1. The van der Waals surface area contributed by atoms with Crippen molar-refractivity contribution in [3.63, 3.8) is 0 Å². The van der Waals surface area contributed by atoms with Crippen molar-refractivity contribution in [1.29, 1.82) is 0 Å². The van der Waals surface area contributed by atoms with Gasteiger partial charge in [0.25, 0.3) is 0 Å². The van der Waals surface area contributed by atoms with E-state index in [-0.39, 0.29) is 54.0 Å². The van der Waals surface area contributed by atoms with E-state index in [1.54, 1.807) is 31.0 Å². The van der Waals surface area contributed by atoms with Gasteiger partial charge in [-0.3, -0.25) is 19.2 Å². The Bertz CT molecular complexity index is 1940. The summed E-state index contributed by atoms with van der Waals surface area (Å²) in [6, 6.07) is 11.3. The van der Waals surface area contributed by atoms with Crippen LogP contribution in [0.25, 0.3) is 32.9 Å². The van der Waals surface area contributed by atoms with Gasteiger partial charge >= 0.3 is 13.6 Å². The van der Waals surface area contributed by atoms with Gasteiger partial charge in [0.15, 0.2) is 5.82 Å². The van der Waals surface area contributed by atoms with E-state index < -0.39 is 13.4 Å². The predicted octanol–water partition coefficient (Wildman–Crippen LogP) is 6.81. The zero-order chi connectivity index (χ0) is 35.0. The Morgan fingerprint density at radius 2 is 1.78 bits per heavy atom. The molecule has 2 aromatic heterocycles. The molecule has 3 aliphatic heterocycles. The maximum absolute atomic E-state index is 16.8. The Hall–Kier alpha value is -3.41. The summed E-state index contributed by atoms with van der Waals surface area (Å²) in [5.74, 6) is -0.243. The number of carbonyl (C=O) groups is 1. The molecule has 0 radical (unpaired) electrons. The van der Waals surface area contributed by atoms with Crippen LogP contribution in [0.4, 0.5) is 10.2 Å². The molecule has 3 fully saturated rings. The second kappa shape index (κ2) is 14.3. The highest BCUT2D eigenvalue weighted by atomic mass is 35.5. The topological polar surface area (TPSA) is 110 Å². The first-order chi connectivity index (χ1) is 24.1. The fourth-order valence-electron chi connectivity index (χ4n) is 7.87.